The summed E-state index contributed by atoms with van der Waals surface area (Å²) in [7, 11) is 0. The minimum Gasteiger partial charge on any atom is -0.507 e. The van der Waals surface area contributed by atoms with Crippen LogP contribution in [0.4, 0.5) is 0 Å². The van der Waals surface area contributed by atoms with Crippen LogP contribution in [0.2, 0.25) is 0 Å². The van der Waals surface area contributed by atoms with Crippen molar-refractivity contribution in [2.24, 2.45) is 0 Å². The number of benzene rings is 4. The van der Waals surface area contributed by atoms with Gasteiger partial charge in [0, 0.05) is 48.0 Å². The minimum atomic E-state index is -0.965. The van der Waals surface area contributed by atoms with E-state index >= 15 is 0 Å². The maximum absolute atomic E-state index is 10.9. The largest absolute Gasteiger partial charge is 0.507 e. The molecule has 0 atom stereocenters. The van der Waals surface area contributed by atoms with Crippen LogP contribution in [0.1, 0.15) is 255 Å². The Morgan fingerprint density at radius 3 is 0.477 bits per heavy atom. The molecule has 0 aliphatic rings. The number of unbranched alkanes of at least 4 members (excludes halogenated alkanes) is 8. The van der Waals surface area contributed by atoms with Crippen LogP contribution in [0.5, 0.6) is 23.0 Å². The van der Waals surface area contributed by atoms with Crippen molar-refractivity contribution in [2.45, 2.75) is 265 Å². The molecule has 0 unspecified atom stereocenters. The number of aliphatic carboxylic acids is 4. The third-order valence-electron chi connectivity index (χ3n) is 14.6. The van der Waals surface area contributed by atoms with E-state index in [0.717, 1.165) is 221 Å². The molecule has 0 aliphatic carbocycles. The van der Waals surface area contributed by atoms with Crippen molar-refractivity contribution in [3.8, 4) is 23.0 Å². The summed E-state index contributed by atoms with van der Waals surface area (Å²) in [6.45, 7) is 31.3. The Hall–Kier alpha value is -7.08. The van der Waals surface area contributed by atoms with E-state index in [2.05, 4.69) is 81.7 Å². The van der Waals surface area contributed by atoms with Crippen molar-refractivity contribution in [3.63, 3.8) is 0 Å². The minimum absolute atomic E-state index is 0. The van der Waals surface area contributed by atoms with Gasteiger partial charge in [0.15, 0.2) is 0 Å². The molecule has 12 nitrogen and oxygen atoms in total. The molecular formula is C76H120O12. The smallest absolute Gasteiger partial charge is 0.331 e. The molecule has 0 aliphatic heterocycles. The average Bonchev–Trinajstić information content (AvgIpc) is 3.67. The first kappa shape index (κ1) is 87.4. The Kier molecular flexibility index (Phi) is 48.5. The van der Waals surface area contributed by atoms with Gasteiger partial charge in [0.2, 0.25) is 0 Å². The number of phenols is 4. The predicted molar refractivity (Wildman–Crippen MR) is 370 cm³/mol. The van der Waals surface area contributed by atoms with Crippen molar-refractivity contribution in [3.05, 3.63) is 164 Å². The van der Waals surface area contributed by atoms with Gasteiger partial charge in [-0.1, -0.05) is 211 Å². The van der Waals surface area contributed by atoms with E-state index < -0.39 is 23.9 Å². The molecule has 4 aromatic carbocycles. The number of carboxylic acids is 4. The fraction of sp³-hybridized carbons (Fsp3) is 0.526. The van der Waals surface area contributed by atoms with E-state index in [1.807, 2.05) is 48.5 Å². The van der Waals surface area contributed by atoms with Crippen molar-refractivity contribution in [1.82, 2.24) is 0 Å². The number of aromatic hydroxyl groups is 4. The third-order valence-corrected chi connectivity index (χ3v) is 14.6. The lowest BCUT2D eigenvalue weighted by molar-refractivity contribution is -0.133. The van der Waals surface area contributed by atoms with Gasteiger partial charge in [-0.25, -0.2) is 19.2 Å². The molecule has 8 N–H and O–H groups in total. The highest BCUT2D eigenvalue weighted by atomic mass is 16.4. The van der Waals surface area contributed by atoms with E-state index in [9.17, 15) is 39.6 Å². The molecule has 0 bridgehead atoms. The van der Waals surface area contributed by atoms with E-state index in [4.69, 9.17) is 20.4 Å². The Bertz CT molecular complexity index is 2270. The molecule has 0 saturated heterocycles. The number of phenolic OH excluding ortho intramolecular Hbond substituents is 4. The van der Waals surface area contributed by atoms with Gasteiger partial charge in [-0.3, -0.25) is 0 Å². The monoisotopic (exact) mass is 1220 g/mol. The summed E-state index contributed by atoms with van der Waals surface area (Å²) in [5.41, 5.74) is 11.9. The van der Waals surface area contributed by atoms with Gasteiger partial charge in [-0.2, -0.15) is 0 Å². The molecule has 4 rings (SSSR count). The van der Waals surface area contributed by atoms with E-state index in [1.54, 1.807) is 0 Å². The second-order valence-corrected chi connectivity index (χ2v) is 22.2. The number of carbonyl (C=O) groups is 4. The molecule has 0 fully saturated rings. The van der Waals surface area contributed by atoms with E-state index in [1.165, 1.54) is 0 Å². The Balaban J connectivity index is -0.000000527. The quantitative estimate of drug-likeness (QED) is 0.0199. The first-order valence-corrected chi connectivity index (χ1v) is 31.0. The summed E-state index contributed by atoms with van der Waals surface area (Å²) in [6, 6.07) is 15.4. The van der Waals surface area contributed by atoms with Gasteiger partial charge in [0.1, 0.15) is 23.0 Å². The number of hydrogen-bond acceptors (Lipinski definition) is 8. The summed E-state index contributed by atoms with van der Waals surface area (Å²) >= 11 is 0. The fourth-order valence-corrected chi connectivity index (χ4v) is 9.49. The Labute approximate surface area is 533 Å². The van der Waals surface area contributed by atoms with Crippen LogP contribution in [0.15, 0.2) is 97.1 Å². The number of aryl methyl sites for hydroxylation is 8. The second-order valence-electron chi connectivity index (χ2n) is 22.2. The van der Waals surface area contributed by atoms with E-state index in [0.29, 0.717) is 48.7 Å². The van der Waals surface area contributed by atoms with E-state index in [-0.39, 0.29) is 52.0 Å². The normalized spacial score (nSPS) is 10.1. The van der Waals surface area contributed by atoms with Crippen LogP contribution >= 0.6 is 0 Å². The van der Waals surface area contributed by atoms with Crippen LogP contribution in [-0.4, -0.2) is 64.7 Å². The van der Waals surface area contributed by atoms with Crippen LogP contribution in [0.25, 0.3) is 0 Å². The zero-order chi connectivity index (χ0) is 63.3. The molecule has 0 spiro atoms. The van der Waals surface area contributed by atoms with Gasteiger partial charge in [-0.05, 0) is 169 Å². The summed E-state index contributed by atoms with van der Waals surface area (Å²) < 4.78 is 0. The zero-order valence-corrected chi connectivity index (χ0v) is 52.5. The summed E-state index contributed by atoms with van der Waals surface area (Å²) in [5, 5.41) is 77.4. The van der Waals surface area contributed by atoms with Crippen LogP contribution in [0.3, 0.4) is 0 Å². The number of hydrogen-bond donors (Lipinski definition) is 8. The number of rotatable bonds is 36. The zero-order valence-electron chi connectivity index (χ0n) is 52.5. The third kappa shape index (κ3) is 32.8. The van der Waals surface area contributed by atoms with Crippen molar-refractivity contribution in [1.29, 1.82) is 0 Å². The van der Waals surface area contributed by atoms with Gasteiger partial charge in [-0.15, -0.1) is 0 Å². The molecule has 0 amide bonds. The highest BCUT2D eigenvalue weighted by Crippen LogP contribution is 2.33. The lowest BCUT2D eigenvalue weighted by Gasteiger charge is -2.13. The van der Waals surface area contributed by atoms with Crippen LogP contribution in [0, 0.1) is 0 Å². The Morgan fingerprint density at radius 1 is 0.273 bits per heavy atom. The summed E-state index contributed by atoms with van der Waals surface area (Å²) in [5.74, 6) is -2.30. The molecule has 0 aromatic heterocycles. The second kappa shape index (κ2) is 48.9. The molecule has 4 aromatic rings. The lowest BCUT2D eigenvalue weighted by Crippen LogP contribution is -2.04. The average molecular weight is 1230 g/mol. The predicted octanol–water partition coefficient (Wildman–Crippen LogP) is 19.6. The molecular weight excluding hydrogens is 1100 g/mol. The molecule has 0 radical (unpaired) electrons. The maximum atomic E-state index is 10.9. The lowest BCUT2D eigenvalue weighted by atomic mass is 9.94. The first-order chi connectivity index (χ1) is 40.0. The van der Waals surface area contributed by atoms with Gasteiger partial charge in [0.25, 0.3) is 0 Å². The molecule has 88 heavy (non-hydrogen) atoms. The highest BCUT2D eigenvalue weighted by molar-refractivity contribution is 5.87. The van der Waals surface area contributed by atoms with Crippen molar-refractivity contribution >= 4 is 23.9 Å². The molecule has 12 heteroatoms. The maximum Gasteiger partial charge on any atom is 0.331 e. The van der Waals surface area contributed by atoms with Gasteiger partial charge in [0.05, 0.1) is 0 Å². The first-order valence-electron chi connectivity index (χ1n) is 31.0. The van der Waals surface area contributed by atoms with Crippen LogP contribution < -0.4 is 0 Å². The molecule has 0 heterocycles. The van der Waals surface area contributed by atoms with Crippen molar-refractivity contribution in [2.75, 3.05) is 0 Å². The number of carboxylic acid groups (broad SMARTS) is 4. The van der Waals surface area contributed by atoms with Gasteiger partial charge >= 0.3 is 23.9 Å². The van der Waals surface area contributed by atoms with Gasteiger partial charge < -0.3 is 40.9 Å². The molecule has 496 valence electrons. The topological polar surface area (TPSA) is 230 Å². The standard InChI is InChI=1S/4C18H26O3.4CH4/c4*1-4-6-8-15-11-14(10-13(3)18(20)21)12-16(17(15)19)9-7-5-2;;;;/h4*11-12,19H,3-10H2,1-2H3,(H,20,21);4*1H4. The summed E-state index contributed by atoms with van der Waals surface area (Å²) in [6.07, 6.45) is 24.6. The van der Waals surface area contributed by atoms with Crippen LogP contribution in [-0.2, 0) is 96.2 Å². The summed E-state index contributed by atoms with van der Waals surface area (Å²) in [4.78, 5) is 43.7. The highest BCUT2D eigenvalue weighted by Gasteiger charge is 2.17. The van der Waals surface area contributed by atoms with Crippen molar-refractivity contribution < 1.29 is 60.0 Å². The molecule has 0 saturated carbocycles. The SMILES string of the molecule is C.C.C.C.C=C(Cc1cc(CCCC)c(O)c(CCCC)c1)C(=O)O.C=C(Cc1cc(CCCC)c(O)c(CCCC)c1)C(=O)O.C=C(Cc1cc(CCCC)c(O)c(CCCC)c1)C(=O)O.C=C(Cc1cc(CCCC)c(O)c(CCCC)c1)C(=O)O. The fourth-order valence-electron chi connectivity index (χ4n) is 9.49. The Morgan fingerprint density at radius 2 is 0.386 bits per heavy atom.